The lowest BCUT2D eigenvalue weighted by atomic mass is 10.1. The van der Waals surface area contributed by atoms with Crippen LogP contribution in [0, 0.1) is 19.7 Å². The van der Waals surface area contributed by atoms with Gasteiger partial charge in [0.05, 0.1) is 11.4 Å². The molecule has 0 fully saturated rings. The summed E-state index contributed by atoms with van der Waals surface area (Å²) in [6, 6.07) is 5.22. The van der Waals surface area contributed by atoms with Gasteiger partial charge in [0.15, 0.2) is 4.96 Å². The highest BCUT2D eigenvalue weighted by Crippen LogP contribution is 2.16. The van der Waals surface area contributed by atoms with Gasteiger partial charge in [-0.25, -0.2) is 9.37 Å². The Labute approximate surface area is 133 Å². The van der Waals surface area contributed by atoms with Crippen LogP contribution in [0.4, 0.5) is 4.39 Å². The molecule has 1 aromatic carbocycles. The summed E-state index contributed by atoms with van der Waals surface area (Å²) in [5.41, 5.74) is 4.01. The Morgan fingerprint density at radius 3 is 2.86 bits per heavy atom. The largest absolute Gasteiger partial charge is 0.307 e. The van der Waals surface area contributed by atoms with Crippen molar-refractivity contribution < 1.29 is 4.39 Å². The van der Waals surface area contributed by atoms with E-state index in [0.29, 0.717) is 5.56 Å². The number of halogens is 2. The molecule has 1 N–H and O–H groups in total. The van der Waals surface area contributed by atoms with E-state index >= 15 is 0 Å². The van der Waals surface area contributed by atoms with Gasteiger partial charge < -0.3 is 5.32 Å². The minimum Gasteiger partial charge on any atom is -0.307 e. The van der Waals surface area contributed by atoms with E-state index in [1.165, 1.54) is 11.8 Å². The van der Waals surface area contributed by atoms with E-state index in [1.54, 1.807) is 18.3 Å². The number of thiazole rings is 1. The van der Waals surface area contributed by atoms with Crippen molar-refractivity contribution >= 4 is 28.7 Å². The van der Waals surface area contributed by atoms with Gasteiger partial charge >= 0.3 is 0 Å². The molecule has 0 aliphatic heterocycles. The number of nitrogens with one attached hydrogen (secondary N) is 1. The normalized spacial score (nSPS) is 10.8. The van der Waals surface area contributed by atoms with Crippen molar-refractivity contribution in [1.82, 2.24) is 14.7 Å². The van der Waals surface area contributed by atoms with Crippen molar-refractivity contribution in [1.29, 1.82) is 0 Å². The third-order valence-corrected chi connectivity index (χ3v) is 4.16. The average Bonchev–Trinajstić information content (AvgIpc) is 2.96. The summed E-state index contributed by atoms with van der Waals surface area (Å²) in [5.74, 6) is -0.152. The maximum absolute atomic E-state index is 13.2. The van der Waals surface area contributed by atoms with Crippen molar-refractivity contribution in [3.8, 4) is 0 Å². The van der Waals surface area contributed by atoms with Gasteiger partial charge in [0.2, 0.25) is 0 Å². The SMILES string of the molecule is Cc1cc(CNCc2c(C)nc3sccn23)ccc1F.Cl. The van der Waals surface area contributed by atoms with Gasteiger partial charge in [0.25, 0.3) is 0 Å². The van der Waals surface area contributed by atoms with Crippen LogP contribution in [0.5, 0.6) is 0 Å². The summed E-state index contributed by atoms with van der Waals surface area (Å²) in [6.45, 7) is 5.28. The molecule has 3 aromatic rings. The number of benzene rings is 1. The Hall–Kier alpha value is -1.43. The Kier molecular flexibility index (Phi) is 4.98. The zero-order valence-corrected chi connectivity index (χ0v) is 13.5. The predicted octanol–water partition coefficient (Wildman–Crippen LogP) is 3.86. The molecule has 112 valence electrons. The maximum atomic E-state index is 13.2. The molecule has 2 heterocycles. The lowest BCUT2D eigenvalue weighted by Crippen LogP contribution is -2.14. The van der Waals surface area contributed by atoms with Gasteiger partial charge in [-0.15, -0.1) is 23.7 Å². The highest BCUT2D eigenvalue weighted by Gasteiger charge is 2.08. The second-order valence-electron chi connectivity index (χ2n) is 4.89. The summed E-state index contributed by atoms with van der Waals surface area (Å²) in [7, 11) is 0. The molecule has 2 aromatic heterocycles. The second kappa shape index (κ2) is 6.56. The zero-order chi connectivity index (χ0) is 14.1. The number of aromatic nitrogens is 2. The van der Waals surface area contributed by atoms with Crippen molar-refractivity contribution in [3.63, 3.8) is 0 Å². The second-order valence-corrected chi connectivity index (χ2v) is 5.76. The molecule has 21 heavy (non-hydrogen) atoms. The fraction of sp³-hybridized carbons (Fsp3) is 0.267. The molecule has 0 saturated carbocycles. The Morgan fingerprint density at radius 1 is 1.29 bits per heavy atom. The topological polar surface area (TPSA) is 29.3 Å². The molecule has 0 spiro atoms. The minimum atomic E-state index is -0.152. The highest BCUT2D eigenvalue weighted by molar-refractivity contribution is 7.15. The Morgan fingerprint density at radius 2 is 2.10 bits per heavy atom. The van der Waals surface area contributed by atoms with Crippen molar-refractivity contribution in [2.75, 3.05) is 0 Å². The van der Waals surface area contributed by atoms with E-state index in [1.807, 2.05) is 30.6 Å². The van der Waals surface area contributed by atoms with Gasteiger partial charge in [-0.1, -0.05) is 12.1 Å². The molecule has 0 bridgehead atoms. The van der Waals surface area contributed by atoms with E-state index < -0.39 is 0 Å². The lowest BCUT2D eigenvalue weighted by molar-refractivity contribution is 0.615. The molecular weight excluding hydrogens is 309 g/mol. The van der Waals surface area contributed by atoms with Gasteiger partial charge in [-0.05, 0) is 31.0 Å². The number of rotatable bonds is 4. The Balaban J connectivity index is 0.00000161. The van der Waals surface area contributed by atoms with Crippen LogP contribution in [-0.2, 0) is 13.1 Å². The average molecular weight is 326 g/mol. The number of imidazole rings is 1. The summed E-state index contributed by atoms with van der Waals surface area (Å²) in [5, 5.41) is 5.43. The van der Waals surface area contributed by atoms with Gasteiger partial charge in [0.1, 0.15) is 5.82 Å². The smallest absolute Gasteiger partial charge is 0.194 e. The highest BCUT2D eigenvalue weighted by atomic mass is 35.5. The standard InChI is InChI=1S/C15H16FN3S.ClH/c1-10-7-12(3-4-13(10)16)8-17-9-14-11(2)18-15-19(14)5-6-20-15;/h3-7,17H,8-9H2,1-2H3;1H. The van der Waals surface area contributed by atoms with Crippen LogP contribution in [0.3, 0.4) is 0 Å². The quantitative estimate of drug-likeness (QED) is 0.789. The van der Waals surface area contributed by atoms with Crippen molar-refractivity contribution in [2.45, 2.75) is 26.9 Å². The van der Waals surface area contributed by atoms with Gasteiger partial charge in [0, 0.05) is 24.7 Å². The third kappa shape index (κ3) is 3.26. The summed E-state index contributed by atoms with van der Waals surface area (Å²) < 4.78 is 15.3. The van der Waals surface area contributed by atoms with E-state index in [4.69, 9.17) is 0 Å². The van der Waals surface area contributed by atoms with Crippen LogP contribution < -0.4 is 5.32 Å². The monoisotopic (exact) mass is 325 g/mol. The molecule has 0 saturated heterocycles. The summed E-state index contributed by atoms with van der Waals surface area (Å²) in [4.78, 5) is 5.54. The lowest BCUT2D eigenvalue weighted by Gasteiger charge is -2.06. The Bertz CT molecular complexity index is 751. The van der Waals surface area contributed by atoms with Crippen LogP contribution >= 0.6 is 23.7 Å². The molecule has 0 atom stereocenters. The van der Waals surface area contributed by atoms with Crippen molar-refractivity contribution in [2.24, 2.45) is 0 Å². The first-order valence-electron chi connectivity index (χ1n) is 6.52. The number of hydrogen-bond acceptors (Lipinski definition) is 3. The fourth-order valence-corrected chi connectivity index (χ4v) is 3.07. The number of hydrogen-bond donors (Lipinski definition) is 1. The molecule has 0 radical (unpaired) electrons. The first-order chi connectivity index (χ1) is 9.65. The number of aryl methyl sites for hydroxylation is 2. The van der Waals surface area contributed by atoms with Crippen LogP contribution in [0.15, 0.2) is 29.8 Å². The van der Waals surface area contributed by atoms with Gasteiger partial charge in [-0.2, -0.15) is 0 Å². The molecule has 0 aliphatic carbocycles. The maximum Gasteiger partial charge on any atom is 0.194 e. The van der Waals surface area contributed by atoms with Crippen molar-refractivity contribution in [3.05, 3.63) is 58.1 Å². The molecule has 6 heteroatoms. The minimum absolute atomic E-state index is 0. The molecule has 0 unspecified atom stereocenters. The third-order valence-electron chi connectivity index (χ3n) is 3.41. The van der Waals surface area contributed by atoms with E-state index in [-0.39, 0.29) is 18.2 Å². The van der Waals surface area contributed by atoms with E-state index in [0.717, 1.165) is 29.3 Å². The molecular formula is C15H17ClFN3S. The molecule has 3 nitrogen and oxygen atoms in total. The van der Waals surface area contributed by atoms with Gasteiger partial charge in [-0.3, -0.25) is 4.40 Å². The zero-order valence-electron chi connectivity index (χ0n) is 11.9. The molecule has 0 amide bonds. The first kappa shape index (κ1) is 15.9. The van der Waals surface area contributed by atoms with Crippen LogP contribution in [0.1, 0.15) is 22.5 Å². The summed E-state index contributed by atoms with van der Waals surface area (Å²) >= 11 is 1.64. The van der Waals surface area contributed by atoms with E-state index in [2.05, 4.69) is 14.7 Å². The number of nitrogens with zero attached hydrogens (tertiary/aromatic N) is 2. The van der Waals surface area contributed by atoms with Crippen LogP contribution in [0.25, 0.3) is 4.96 Å². The number of fused-ring (bicyclic) bond motifs is 1. The predicted molar refractivity (Wildman–Crippen MR) is 86.7 cm³/mol. The fourth-order valence-electron chi connectivity index (χ4n) is 2.30. The molecule has 0 aliphatic rings. The van der Waals surface area contributed by atoms with E-state index in [9.17, 15) is 4.39 Å². The van der Waals surface area contributed by atoms with Crippen LogP contribution in [-0.4, -0.2) is 9.38 Å². The molecule has 3 rings (SSSR count). The summed E-state index contributed by atoms with van der Waals surface area (Å²) in [6.07, 6.45) is 2.04. The first-order valence-corrected chi connectivity index (χ1v) is 7.40. The van der Waals surface area contributed by atoms with Crippen LogP contribution in [0.2, 0.25) is 0 Å².